The highest BCUT2D eigenvalue weighted by atomic mass is 32.2. The predicted octanol–water partition coefficient (Wildman–Crippen LogP) is 6.53. The number of rotatable bonds is 0. The number of thioether (sulfide) groups is 4. The summed E-state index contributed by atoms with van der Waals surface area (Å²) in [6.07, 6.45) is 17.6. The van der Waals surface area contributed by atoms with E-state index in [1.54, 1.807) is 0 Å². The molecule has 0 nitrogen and oxygen atoms in total. The molecule has 2 bridgehead atoms. The molecule has 2 saturated heterocycles. The Bertz CT molecular complexity index is 601. The zero-order valence-corrected chi connectivity index (χ0v) is 16.3. The van der Waals surface area contributed by atoms with Crippen LogP contribution < -0.4 is 0 Å². The number of allylic oxidation sites excluding steroid dienone is 10. The van der Waals surface area contributed by atoms with E-state index in [4.69, 9.17) is 0 Å². The van der Waals surface area contributed by atoms with Crippen LogP contribution in [-0.2, 0) is 0 Å². The van der Waals surface area contributed by atoms with Crippen LogP contribution in [0.4, 0.5) is 0 Å². The first-order chi connectivity index (χ1) is 11.4. The lowest BCUT2D eigenvalue weighted by Gasteiger charge is -2.18. The molecule has 0 aromatic rings. The van der Waals surface area contributed by atoms with Crippen molar-refractivity contribution in [1.82, 2.24) is 0 Å². The largest absolute Gasteiger partial charge is 0.119 e. The van der Waals surface area contributed by atoms with Crippen LogP contribution in [0, 0.1) is 0 Å². The topological polar surface area (TPSA) is 0 Å². The smallest absolute Gasteiger partial charge is 0.0476 e. The first kappa shape index (κ1) is 16.3. The third-order valence-electron chi connectivity index (χ3n) is 4.15. The minimum absolute atomic E-state index is 1.07. The molecule has 23 heavy (non-hydrogen) atoms. The molecule has 2 aliphatic heterocycles. The Hall–Kier alpha value is -0.160. The highest BCUT2D eigenvalue weighted by molar-refractivity contribution is 8.23. The van der Waals surface area contributed by atoms with Gasteiger partial charge in [0.2, 0.25) is 0 Å². The van der Waals surface area contributed by atoms with E-state index in [1.165, 1.54) is 66.6 Å². The summed E-state index contributed by atoms with van der Waals surface area (Å²) in [6.45, 7) is 0. The zero-order chi connectivity index (χ0) is 15.5. The Morgan fingerprint density at radius 3 is 1.48 bits per heavy atom. The standard InChI is InChI=1S/C19H20S4/c1-2-6-15-13-14(5-1)16(18-20-9-3-10-21-18)7-8-17(15)19-22-11-4-12-23-19/h1-2,5-8H,3-4,9-13H2. The first-order valence-electron chi connectivity index (χ1n) is 8.17. The fourth-order valence-corrected chi connectivity index (χ4v) is 8.33. The van der Waals surface area contributed by atoms with Crippen molar-refractivity contribution in [2.24, 2.45) is 0 Å². The third-order valence-corrected chi connectivity index (χ3v) is 9.46. The van der Waals surface area contributed by atoms with Gasteiger partial charge in [0.25, 0.3) is 0 Å². The molecular weight excluding hydrogens is 356 g/mol. The minimum Gasteiger partial charge on any atom is -0.119 e. The molecular formula is C19H20S4. The summed E-state index contributed by atoms with van der Waals surface area (Å²) in [7, 11) is 0. The summed E-state index contributed by atoms with van der Waals surface area (Å²) in [4.78, 5) is 0. The Kier molecular flexibility index (Phi) is 5.54. The fourth-order valence-electron chi connectivity index (χ4n) is 2.99. The average molecular weight is 377 g/mol. The molecule has 2 aliphatic carbocycles. The molecule has 0 N–H and O–H groups in total. The van der Waals surface area contributed by atoms with Crippen LogP contribution >= 0.6 is 47.0 Å². The first-order valence-corrected chi connectivity index (χ1v) is 12.1. The molecule has 0 unspecified atom stereocenters. The Labute approximate surface area is 156 Å². The van der Waals surface area contributed by atoms with E-state index in [0.717, 1.165) is 6.42 Å². The van der Waals surface area contributed by atoms with Crippen LogP contribution in [0.1, 0.15) is 19.3 Å². The number of hydrogen-bond acceptors (Lipinski definition) is 4. The van der Waals surface area contributed by atoms with Crippen LogP contribution in [0.2, 0.25) is 0 Å². The molecule has 0 amide bonds. The summed E-state index contributed by atoms with van der Waals surface area (Å²) in [5, 5.41) is 0. The van der Waals surface area contributed by atoms with Crippen molar-refractivity contribution in [2.45, 2.75) is 19.3 Å². The third kappa shape index (κ3) is 3.76. The van der Waals surface area contributed by atoms with E-state index < -0.39 is 0 Å². The van der Waals surface area contributed by atoms with Gasteiger partial charge in [0.1, 0.15) is 0 Å². The van der Waals surface area contributed by atoms with Gasteiger partial charge in [-0.2, -0.15) is 0 Å². The van der Waals surface area contributed by atoms with Crippen molar-refractivity contribution in [1.29, 1.82) is 0 Å². The summed E-state index contributed by atoms with van der Waals surface area (Å²) in [5.41, 5.74) is 5.91. The monoisotopic (exact) mass is 376 g/mol. The van der Waals surface area contributed by atoms with Crippen molar-refractivity contribution in [3.05, 3.63) is 67.2 Å². The highest BCUT2D eigenvalue weighted by Crippen LogP contribution is 2.46. The molecule has 0 atom stereocenters. The van der Waals surface area contributed by atoms with Gasteiger partial charge in [0.05, 0.1) is 0 Å². The molecule has 0 radical (unpaired) electrons. The summed E-state index contributed by atoms with van der Waals surface area (Å²) in [5.74, 6) is 5.08. The number of fused-ring (bicyclic) bond motifs is 2. The molecule has 2 fully saturated rings. The SMILES string of the molecule is C1=CC=C2CC(=C1)C(=C1SCCCS1)C=CC2=C1SCCCS1. The molecule has 4 heteroatoms. The molecule has 0 saturated carbocycles. The predicted molar refractivity (Wildman–Crippen MR) is 112 cm³/mol. The molecule has 4 aliphatic rings. The van der Waals surface area contributed by atoms with Crippen molar-refractivity contribution < 1.29 is 0 Å². The van der Waals surface area contributed by atoms with Gasteiger partial charge in [-0.25, -0.2) is 0 Å². The van der Waals surface area contributed by atoms with Crippen molar-refractivity contribution >= 4 is 47.0 Å². The Morgan fingerprint density at radius 1 is 0.609 bits per heavy atom. The second kappa shape index (κ2) is 7.81. The van der Waals surface area contributed by atoms with Gasteiger partial charge < -0.3 is 0 Å². The quantitative estimate of drug-likeness (QED) is 0.471. The van der Waals surface area contributed by atoms with Gasteiger partial charge in [-0.15, -0.1) is 47.0 Å². The van der Waals surface area contributed by atoms with Crippen molar-refractivity contribution in [3.8, 4) is 0 Å². The maximum Gasteiger partial charge on any atom is 0.0476 e. The lowest BCUT2D eigenvalue weighted by molar-refractivity contribution is 1.12. The molecule has 0 aromatic heterocycles. The van der Waals surface area contributed by atoms with E-state index in [0.29, 0.717) is 0 Å². The van der Waals surface area contributed by atoms with E-state index in [9.17, 15) is 0 Å². The van der Waals surface area contributed by atoms with Crippen molar-refractivity contribution in [2.75, 3.05) is 23.0 Å². The van der Waals surface area contributed by atoms with Crippen LogP contribution in [0.5, 0.6) is 0 Å². The molecule has 0 aromatic carbocycles. The van der Waals surface area contributed by atoms with E-state index in [2.05, 4.69) is 36.5 Å². The van der Waals surface area contributed by atoms with Gasteiger partial charge in [-0.1, -0.05) is 36.5 Å². The van der Waals surface area contributed by atoms with Gasteiger partial charge in [-0.05, 0) is 64.6 Å². The summed E-state index contributed by atoms with van der Waals surface area (Å²) in [6, 6.07) is 0. The lowest BCUT2D eigenvalue weighted by atomic mass is 10.00. The lowest BCUT2D eigenvalue weighted by Crippen LogP contribution is -1.98. The fraction of sp³-hybridized carbons (Fsp3) is 0.368. The zero-order valence-electron chi connectivity index (χ0n) is 13.0. The van der Waals surface area contributed by atoms with E-state index >= 15 is 0 Å². The van der Waals surface area contributed by atoms with Gasteiger partial charge in [-0.3, -0.25) is 0 Å². The van der Waals surface area contributed by atoms with Crippen LogP contribution in [0.3, 0.4) is 0 Å². The summed E-state index contributed by atoms with van der Waals surface area (Å²) >= 11 is 8.19. The van der Waals surface area contributed by atoms with Crippen LogP contribution in [-0.4, -0.2) is 23.0 Å². The van der Waals surface area contributed by atoms with Crippen molar-refractivity contribution in [3.63, 3.8) is 0 Å². The summed E-state index contributed by atoms with van der Waals surface area (Å²) < 4.78 is 3.06. The molecule has 4 rings (SSSR count). The maximum absolute atomic E-state index is 2.39. The average Bonchev–Trinajstić information content (AvgIpc) is 2.96. The second-order valence-corrected chi connectivity index (χ2v) is 10.7. The minimum atomic E-state index is 1.07. The maximum atomic E-state index is 2.39. The molecule has 120 valence electrons. The molecule has 2 heterocycles. The van der Waals surface area contributed by atoms with Gasteiger partial charge in [0.15, 0.2) is 0 Å². The van der Waals surface area contributed by atoms with E-state index in [-0.39, 0.29) is 0 Å². The highest BCUT2D eigenvalue weighted by Gasteiger charge is 2.22. The Balaban J connectivity index is 1.79. The molecule has 0 spiro atoms. The number of hydrogen-bond donors (Lipinski definition) is 0. The second-order valence-electron chi connectivity index (χ2n) is 5.78. The normalized spacial score (nSPS) is 25.0. The Morgan fingerprint density at radius 2 is 1.04 bits per heavy atom. The van der Waals surface area contributed by atoms with Gasteiger partial charge in [0, 0.05) is 8.47 Å². The van der Waals surface area contributed by atoms with Crippen LogP contribution in [0.25, 0.3) is 0 Å². The van der Waals surface area contributed by atoms with Gasteiger partial charge >= 0.3 is 0 Å². The van der Waals surface area contributed by atoms with Crippen LogP contribution in [0.15, 0.2) is 67.2 Å². The van der Waals surface area contributed by atoms with E-state index in [1.807, 2.05) is 47.0 Å².